The molecular weight excluding hydrogens is 272 g/mol. The van der Waals surface area contributed by atoms with Crippen molar-refractivity contribution in [1.29, 1.82) is 0 Å². The van der Waals surface area contributed by atoms with Crippen molar-refractivity contribution in [2.75, 3.05) is 25.7 Å². The summed E-state index contributed by atoms with van der Waals surface area (Å²) in [6.45, 7) is 0. The molecule has 20 heavy (non-hydrogen) atoms. The summed E-state index contributed by atoms with van der Waals surface area (Å²) < 4.78 is 0. The lowest BCUT2D eigenvalue weighted by atomic mass is 9.95. The molecule has 1 heterocycles. The minimum absolute atomic E-state index is 0.121. The molecule has 1 fully saturated rings. The van der Waals surface area contributed by atoms with Gasteiger partial charge in [-0.25, -0.2) is 0 Å². The SMILES string of the molecule is CSC1CCCC(Nc2ccc(C(=O)N(C)C)nn2)C1. The first-order chi connectivity index (χ1) is 9.60. The third-order valence-corrected chi connectivity index (χ3v) is 4.70. The molecule has 1 amide bonds. The van der Waals surface area contributed by atoms with Gasteiger partial charge in [0.25, 0.3) is 5.91 Å². The molecule has 0 aliphatic heterocycles. The summed E-state index contributed by atoms with van der Waals surface area (Å²) in [6.07, 6.45) is 7.09. The Morgan fingerprint density at radius 3 is 2.75 bits per heavy atom. The van der Waals surface area contributed by atoms with Gasteiger partial charge in [0.15, 0.2) is 5.69 Å². The molecule has 5 nitrogen and oxygen atoms in total. The van der Waals surface area contributed by atoms with Crippen LogP contribution in [0.2, 0.25) is 0 Å². The standard InChI is InChI=1S/C14H22N4OS/c1-18(2)14(19)12-7-8-13(17-16-12)15-10-5-4-6-11(9-10)20-3/h7-8,10-11H,4-6,9H2,1-3H3,(H,15,17). The number of nitrogens with one attached hydrogen (secondary N) is 1. The Morgan fingerprint density at radius 2 is 2.15 bits per heavy atom. The summed E-state index contributed by atoms with van der Waals surface area (Å²) in [7, 11) is 3.42. The van der Waals surface area contributed by atoms with Gasteiger partial charge >= 0.3 is 0 Å². The normalized spacial score (nSPS) is 22.4. The smallest absolute Gasteiger partial charge is 0.273 e. The van der Waals surface area contributed by atoms with Gasteiger partial charge in [0, 0.05) is 25.4 Å². The van der Waals surface area contributed by atoms with Crippen molar-refractivity contribution in [3.8, 4) is 0 Å². The van der Waals surface area contributed by atoms with Crippen LogP contribution in [0.1, 0.15) is 36.2 Å². The van der Waals surface area contributed by atoms with Gasteiger partial charge in [0.2, 0.25) is 0 Å². The maximum absolute atomic E-state index is 11.7. The first-order valence-corrected chi connectivity index (χ1v) is 8.23. The van der Waals surface area contributed by atoms with E-state index in [0.717, 1.165) is 11.1 Å². The Balaban J connectivity index is 1.95. The predicted octanol–water partition coefficient (Wildman–Crippen LogP) is 2.26. The highest BCUT2D eigenvalue weighted by Gasteiger charge is 2.21. The summed E-state index contributed by atoms with van der Waals surface area (Å²) in [5.41, 5.74) is 0.381. The van der Waals surface area contributed by atoms with Crippen molar-refractivity contribution < 1.29 is 4.79 Å². The fraction of sp³-hybridized carbons (Fsp3) is 0.643. The van der Waals surface area contributed by atoms with E-state index in [1.807, 2.05) is 17.8 Å². The van der Waals surface area contributed by atoms with Crippen LogP contribution < -0.4 is 5.32 Å². The summed E-state index contributed by atoms with van der Waals surface area (Å²) in [5.74, 6) is 0.635. The monoisotopic (exact) mass is 294 g/mol. The first kappa shape index (κ1) is 15.1. The average molecular weight is 294 g/mol. The molecule has 1 saturated carbocycles. The highest BCUT2D eigenvalue weighted by Crippen LogP contribution is 2.28. The van der Waals surface area contributed by atoms with Crippen molar-refractivity contribution in [1.82, 2.24) is 15.1 Å². The molecule has 0 spiro atoms. The lowest BCUT2D eigenvalue weighted by Crippen LogP contribution is -2.29. The number of rotatable bonds is 4. The largest absolute Gasteiger partial charge is 0.366 e. The zero-order chi connectivity index (χ0) is 14.5. The number of aromatic nitrogens is 2. The van der Waals surface area contributed by atoms with E-state index in [9.17, 15) is 4.79 Å². The van der Waals surface area contributed by atoms with Crippen molar-refractivity contribution in [3.63, 3.8) is 0 Å². The Kier molecular flexibility index (Phi) is 5.23. The molecule has 0 aromatic carbocycles. The van der Waals surface area contributed by atoms with Crippen molar-refractivity contribution in [2.24, 2.45) is 0 Å². The predicted molar refractivity (Wildman–Crippen MR) is 83.2 cm³/mol. The molecule has 1 aliphatic carbocycles. The fourth-order valence-corrected chi connectivity index (χ4v) is 3.28. The quantitative estimate of drug-likeness (QED) is 0.923. The molecule has 2 unspecified atom stereocenters. The number of nitrogens with zero attached hydrogens (tertiary/aromatic N) is 3. The molecule has 0 saturated heterocycles. The Morgan fingerprint density at radius 1 is 1.35 bits per heavy atom. The van der Waals surface area contributed by atoms with Gasteiger partial charge in [0.05, 0.1) is 0 Å². The van der Waals surface area contributed by atoms with Gasteiger partial charge in [0.1, 0.15) is 5.82 Å². The molecule has 2 rings (SSSR count). The highest BCUT2D eigenvalue weighted by molar-refractivity contribution is 7.99. The molecule has 2 atom stereocenters. The second kappa shape index (κ2) is 6.92. The second-order valence-corrected chi connectivity index (χ2v) is 6.51. The second-order valence-electron chi connectivity index (χ2n) is 5.37. The number of thioether (sulfide) groups is 1. The van der Waals surface area contributed by atoms with Gasteiger partial charge in [-0.2, -0.15) is 11.8 Å². The van der Waals surface area contributed by atoms with Crippen LogP contribution in [-0.2, 0) is 0 Å². The summed E-state index contributed by atoms with van der Waals surface area (Å²) in [4.78, 5) is 13.2. The van der Waals surface area contributed by atoms with E-state index in [-0.39, 0.29) is 5.91 Å². The minimum atomic E-state index is -0.121. The number of hydrogen-bond donors (Lipinski definition) is 1. The first-order valence-electron chi connectivity index (χ1n) is 6.95. The molecule has 1 N–H and O–H groups in total. The topological polar surface area (TPSA) is 58.1 Å². The molecule has 1 aromatic heterocycles. The van der Waals surface area contributed by atoms with Crippen LogP contribution in [0.25, 0.3) is 0 Å². The molecule has 1 aromatic rings. The lowest BCUT2D eigenvalue weighted by molar-refractivity contribution is 0.0821. The van der Waals surface area contributed by atoms with Crippen LogP contribution in [0.5, 0.6) is 0 Å². The van der Waals surface area contributed by atoms with Gasteiger partial charge in [-0.3, -0.25) is 4.79 Å². The van der Waals surface area contributed by atoms with Crippen LogP contribution >= 0.6 is 11.8 Å². The highest BCUT2D eigenvalue weighted by atomic mass is 32.2. The van der Waals surface area contributed by atoms with Crippen molar-refractivity contribution in [2.45, 2.75) is 37.0 Å². The molecule has 6 heteroatoms. The van der Waals surface area contributed by atoms with Gasteiger partial charge in [-0.05, 0) is 37.7 Å². The number of anilines is 1. The van der Waals surface area contributed by atoms with Crippen molar-refractivity contribution in [3.05, 3.63) is 17.8 Å². The molecule has 0 bridgehead atoms. The number of amides is 1. The lowest BCUT2D eigenvalue weighted by Gasteiger charge is -2.28. The Labute approximate surface area is 124 Å². The maximum atomic E-state index is 11.7. The van der Waals surface area contributed by atoms with E-state index >= 15 is 0 Å². The van der Waals surface area contributed by atoms with Crippen LogP contribution in [0.15, 0.2) is 12.1 Å². The fourth-order valence-electron chi connectivity index (χ4n) is 2.45. The minimum Gasteiger partial charge on any atom is -0.366 e. The number of carbonyl (C=O) groups excluding carboxylic acids is 1. The van der Waals surface area contributed by atoms with E-state index in [1.54, 1.807) is 20.2 Å². The summed E-state index contributed by atoms with van der Waals surface area (Å²) in [5, 5.41) is 12.3. The van der Waals surface area contributed by atoms with E-state index in [0.29, 0.717) is 11.7 Å². The van der Waals surface area contributed by atoms with E-state index in [2.05, 4.69) is 21.8 Å². The van der Waals surface area contributed by atoms with E-state index in [1.165, 1.54) is 30.6 Å². The van der Waals surface area contributed by atoms with Gasteiger partial charge < -0.3 is 10.2 Å². The van der Waals surface area contributed by atoms with Crippen LogP contribution in [0.4, 0.5) is 5.82 Å². The third kappa shape index (κ3) is 3.85. The molecule has 1 aliphatic rings. The molecule has 0 radical (unpaired) electrons. The van der Waals surface area contributed by atoms with E-state index in [4.69, 9.17) is 0 Å². The summed E-state index contributed by atoms with van der Waals surface area (Å²) in [6, 6.07) is 4.03. The van der Waals surface area contributed by atoms with E-state index < -0.39 is 0 Å². The number of hydrogen-bond acceptors (Lipinski definition) is 5. The zero-order valence-corrected chi connectivity index (χ0v) is 13.1. The Bertz CT molecular complexity index is 449. The third-order valence-electron chi connectivity index (χ3n) is 3.60. The van der Waals surface area contributed by atoms with Crippen LogP contribution in [0, 0.1) is 0 Å². The van der Waals surface area contributed by atoms with Crippen LogP contribution in [-0.4, -0.2) is 52.6 Å². The maximum Gasteiger partial charge on any atom is 0.273 e. The van der Waals surface area contributed by atoms with Crippen molar-refractivity contribution >= 4 is 23.5 Å². The van der Waals surface area contributed by atoms with Crippen LogP contribution in [0.3, 0.4) is 0 Å². The van der Waals surface area contributed by atoms with Gasteiger partial charge in [-0.15, -0.1) is 10.2 Å². The summed E-state index contributed by atoms with van der Waals surface area (Å²) >= 11 is 1.94. The number of carbonyl (C=O) groups is 1. The molecule has 110 valence electrons. The zero-order valence-electron chi connectivity index (χ0n) is 12.3. The molecular formula is C14H22N4OS. The Hall–Kier alpha value is -1.30. The average Bonchev–Trinajstić information content (AvgIpc) is 2.47. The van der Waals surface area contributed by atoms with Gasteiger partial charge in [-0.1, -0.05) is 6.42 Å².